The maximum Gasteiger partial charge on any atom is 0.228 e. The zero-order valence-electron chi connectivity index (χ0n) is 14.8. The smallest absolute Gasteiger partial charge is 0.228 e. The summed E-state index contributed by atoms with van der Waals surface area (Å²) in [4.78, 5) is 8.82. The minimum absolute atomic E-state index is 0.546. The Morgan fingerprint density at radius 1 is 1.08 bits per heavy atom. The Labute approximate surface area is 142 Å². The summed E-state index contributed by atoms with van der Waals surface area (Å²) < 4.78 is 10.5. The van der Waals surface area contributed by atoms with Crippen molar-refractivity contribution in [1.82, 2.24) is 25.9 Å². The third-order valence-electron chi connectivity index (χ3n) is 3.55. The molecular formula is C16H26N6O2. The lowest BCUT2D eigenvalue weighted by Gasteiger charge is -2.10. The first-order chi connectivity index (χ1) is 11.7. The van der Waals surface area contributed by atoms with E-state index in [0.717, 1.165) is 42.4 Å². The quantitative estimate of drug-likeness (QED) is 0.560. The summed E-state index contributed by atoms with van der Waals surface area (Å²) in [5.74, 6) is 2.93. The van der Waals surface area contributed by atoms with Gasteiger partial charge in [0.15, 0.2) is 11.8 Å². The summed E-state index contributed by atoms with van der Waals surface area (Å²) in [6.07, 6.45) is 2.31. The monoisotopic (exact) mass is 334 g/mol. The van der Waals surface area contributed by atoms with Crippen LogP contribution in [-0.2, 0) is 25.8 Å². The average Bonchev–Trinajstić information content (AvgIpc) is 3.17. The number of nitrogens with zero attached hydrogens (tertiary/aromatic N) is 4. The topological polar surface area (TPSA) is 101 Å². The summed E-state index contributed by atoms with van der Waals surface area (Å²) in [5, 5.41) is 14.4. The van der Waals surface area contributed by atoms with Crippen molar-refractivity contribution in [2.45, 2.75) is 53.5 Å². The first kappa shape index (κ1) is 18.0. The molecule has 0 spiro atoms. The molecule has 2 aromatic heterocycles. The zero-order valence-corrected chi connectivity index (χ0v) is 14.8. The minimum atomic E-state index is 0.546. The van der Waals surface area contributed by atoms with Crippen molar-refractivity contribution in [1.29, 1.82) is 0 Å². The number of aromatic nitrogens is 3. The van der Waals surface area contributed by atoms with Gasteiger partial charge in [-0.3, -0.25) is 0 Å². The highest BCUT2D eigenvalue weighted by atomic mass is 16.5. The Kier molecular flexibility index (Phi) is 6.77. The van der Waals surface area contributed by atoms with E-state index < -0.39 is 0 Å². The summed E-state index contributed by atoms with van der Waals surface area (Å²) in [6, 6.07) is 0. The SMILES string of the molecule is CCNC(=NCc1c(CC)noc1CC)NCCc1nc(C)no1. The lowest BCUT2D eigenvalue weighted by atomic mass is 10.1. The average molecular weight is 334 g/mol. The fraction of sp³-hybridized carbons (Fsp3) is 0.625. The van der Waals surface area contributed by atoms with Gasteiger partial charge in [0.1, 0.15) is 5.76 Å². The molecule has 2 N–H and O–H groups in total. The number of hydrogen-bond donors (Lipinski definition) is 2. The largest absolute Gasteiger partial charge is 0.361 e. The first-order valence-corrected chi connectivity index (χ1v) is 8.45. The molecule has 0 saturated heterocycles. The molecule has 8 heteroatoms. The molecule has 0 unspecified atom stereocenters. The summed E-state index contributed by atoms with van der Waals surface area (Å²) in [5.41, 5.74) is 2.07. The van der Waals surface area contributed by atoms with E-state index in [-0.39, 0.29) is 0 Å². The van der Waals surface area contributed by atoms with Gasteiger partial charge in [-0.2, -0.15) is 4.98 Å². The van der Waals surface area contributed by atoms with Crippen LogP contribution < -0.4 is 10.6 Å². The predicted molar refractivity (Wildman–Crippen MR) is 90.8 cm³/mol. The van der Waals surface area contributed by atoms with Gasteiger partial charge in [0.2, 0.25) is 5.89 Å². The maximum atomic E-state index is 5.38. The van der Waals surface area contributed by atoms with Crippen LogP contribution in [0.5, 0.6) is 0 Å². The maximum absolute atomic E-state index is 5.38. The van der Waals surface area contributed by atoms with Crippen molar-refractivity contribution in [3.05, 3.63) is 28.7 Å². The molecule has 0 aliphatic carbocycles. The van der Waals surface area contributed by atoms with Crippen molar-refractivity contribution >= 4 is 5.96 Å². The predicted octanol–water partition coefficient (Wildman–Crippen LogP) is 1.79. The molecule has 2 aromatic rings. The second-order valence-corrected chi connectivity index (χ2v) is 5.35. The second kappa shape index (κ2) is 9.05. The van der Waals surface area contributed by atoms with Crippen molar-refractivity contribution < 1.29 is 9.05 Å². The molecule has 0 amide bonds. The molecule has 0 atom stereocenters. The van der Waals surface area contributed by atoms with Gasteiger partial charge in [-0.25, -0.2) is 4.99 Å². The van der Waals surface area contributed by atoms with Gasteiger partial charge >= 0.3 is 0 Å². The highest BCUT2D eigenvalue weighted by molar-refractivity contribution is 5.79. The molecule has 0 saturated carbocycles. The highest BCUT2D eigenvalue weighted by Crippen LogP contribution is 2.16. The number of guanidine groups is 1. The Hall–Kier alpha value is -2.38. The van der Waals surface area contributed by atoms with Crippen LogP contribution in [0.2, 0.25) is 0 Å². The van der Waals surface area contributed by atoms with Crippen LogP contribution in [0.25, 0.3) is 0 Å². The van der Waals surface area contributed by atoms with E-state index in [9.17, 15) is 0 Å². The number of rotatable bonds is 8. The van der Waals surface area contributed by atoms with Crippen molar-refractivity contribution in [3.8, 4) is 0 Å². The molecule has 132 valence electrons. The molecule has 0 bridgehead atoms. The molecule has 0 aromatic carbocycles. The van der Waals surface area contributed by atoms with Crippen LogP contribution in [0.15, 0.2) is 14.0 Å². The van der Waals surface area contributed by atoms with Crippen LogP contribution in [0.4, 0.5) is 0 Å². The van der Waals surface area contributed by atoms with Crippen molar-refractivity contribution in [3.63, 3.8) is 0 Å². The number of hydrogen-bond acceptors (Lipinski definition) is 6. The zero-order chi connectivity index (χ0) is 17.4. The third-order valence-corrected chi connectivity index (χ3v) is 3.55. The van der Waals surface area contributed by atoms with Crippen molar-refractivity contribution in [2.24, 2.45) is 4.99 Å². The third kappa shape index (κ3) is 4.81. The Morgan fingerprint density at radius 2 is 1.92 bits per heavy atom. The van der Waals surface area contributed by atoms with Gasteiger partial charge in [0.05, 0.1) is 12.2 Å². The lowest BCUT2D eigenvalue weighted by Crippen LogP contribution is -2.38. The summed E-state index contributed by atoms with van der Waals surface area (Å²) in [7, 11) is 0. The molecule has 0 aliphatic heterocycles. The first-order valence-electron chi connectivity index (χ1n) is 8.45. The van der Waals surface area contributed by atoms with Gasteiger partial charge in [-0.05, 0) is 20.3 Å². The Morgan fingerprint density at radius 3 is 2.54 bits per heavy atom. The molecule has 2 rings (SSSR count). The van der Waals surface area contributed by atoms with Crippen LogP contribution in [0.1, 0.15) is 49.5 Å². The van der Waals surface area contributed by atoms with E-state index in [1.807, 2.05) is 13.8 Å². The van der Waals surface area contributed by atoms with E-state index in [0.29, 0.717) is 31.2 Å². The van der Waals surface area contributed by atoms with Crippen LogP contribution >= 0.6 is 0 Å². The normalized spacial score (nSPS) is 11.8. The minimum Gasteiger partial charge on any atom is -0.361 e. The highest BCUT2D eigenvalue weighted by Gasteiger charge is 2.13. The number of nitrogens with one attached hydrogen (secondary N) is 2. The van der Waals surface area contributed by atoms with Gasteiger partial charge in [-0.15, -0.1) is 0 Å². The molecular weight excluding hydrogens is 308 g/mol. The van der Waals surface area contributed by atoms with Crippen LogP contribution in [0, 0.1) is 6.92 Å². The molecule has 2 heterocycles. The van der Waals surface area contributed by atoms with E-state index >= 15 is 0 Å². The Bertz CT molecular complexity index is 640. The van der Waals surface area contributed by atoms with Gasteiger partial charge in [0.25, 0.3) is 0 Å². The molecule has 0 radical (unpaired) electrons. The van der Waals surface area contributed by atoms with Crippen LogP contribution in [0.3, 0.4) is 0 Å². The van der Waals surface area contributed by atoms with Crippen LogP contribution in [-0.4, -0.2) is 34.3 Å². The number of aryl methyl sites for hydroxylation is 3. The van der Waals surface area contributed by atoms with Gasteiger partial charge in [0, 0.05) is 31.5 Å². The van der Waals surface area contributed by atoms with E-state index in [4.69, 9.17) is 9.05 Å². The van der Waals surface area contributed by atoms with E-state index in [1.165, 1.54) is 0 Å². The summed E-state index contributed by atoms with van der Waals surface area (Å²) >= 11 is 0. The van der Waals surface area contributed by atoms with E-state index in [2.05, 4.69) is 44.8 Å². The fourth-order valence-electron chi connectivity index (χ4n) is 2.35. The lowest BCUT2D eigenvalue weighted by molar-refractivity contribution is 0.374. The fourth-order valence-corrected chi connectivity index (χ4v) is 2.35. The van der Waals surface area contributed by atoms with Gasteiger partial charge < -0.3 is 19.7 Å². The number of aliphatic imine (C=N–C) groups is 1. The Balaban J connectivity index is 1.96. The van der Waals surface area contributed by atoms with Crippen molar-refractivity contribution in [2.75, 3.05) is 13.1 Å². The molecule has 24 heavy (non-hydrogen) atoms. The van der Waals surface area contributed by atoms with Gasteiger partial charge in [-0.1, -0.05) is 24.2 Å². The standard InChI is InChI=1S/C16H26N6O2/c1-5-13-12(14(6-2)23-22-13)10-19-16(17-7-3)18-9-8-15-20-11(4)21-24-15/h5-10H2,1-4H3,(H2,17,18,19). The molecule has 0 fully saturated rings. The second-order valence-electron chi connectivity index (χ2n) is 5.35. The molecule has 8 nitrogen and oxygen atoms in total. The van der Waals surface area contributed by atoms with E-state index in [1.54, 1.807) is 0 Å². The summed E-state index contributed by atoms with van der Waals surface area (Å²) in [6.45, 7) is 9.97. The molecule has 0 aliphatic rings.